The lowest BCUT2D eigenvalue weighted by Gasteiger charge is -2.21. The average molecular weight is 1060 g/mol. The Kier molecular flexibility index (Phi) is 53.8. The molecule has 11 nitrogen and oxygen atoms in total. The average Bonchev–Trinajstić information content (AvgIpc) is 3.39. The molecule has 0 amide bonds. The highest BCUT2D eigenvalue weighted by atomic mass is 31.2. The Balaban J connectivity index is 4.79. The molecule has 2 N–H and O–H groups in total. The van der Waals surface area contributed by atoms with Gasteiger partial charge in [0.05, 0.1) is 26.2 Å². The maximum absolute atomic E-state index is 12.9. The third kappa shape index (κ3) is 53.7. The van der Waals surface area contributed by atoms with Gasteiger partial charge in [0, 0.05) is 12.8 Å². The van der Waals surface area contributed by atoms with Crippen LogP contribution in [0.2, 0.25) is 0 Å². The minimum Gasteiger partial charge on any atom is -0.461 e. The fourth-order valence-corrected chi connectivity index (χ4v) is 8.91. The summed E-state index contributed by atoms with van der Waals surface area (Å²) in [5, 5.41) is 9.81. The predicted octanol–water partition coefficient (Wildman–Crippen LogP) is 17.7. The summed E-state index contributed by atoms with van der Waals surface area (Å²) in [5.74, 6) is -1.61. The van der Waals surface area contributed by atoms with Crippen LogP contribution in [0.4, 0.5) is 0 Å². The molecule has 0 aliphatic carbocycles. The van der Waals surface area contributed by atoms with Gasteiger partial charge in [0.15, 0.2) is 6.10 Å². The highest BCUT2D eigenvalue weighted by Crippen LogP contribution is 2.43. The smallest absolute Gasteiger partial charge is 0.461 e. The van der Waals surface area contributed by atoms with Crippen molar-refractivity contribution in [2.75, 3.05) is 26.4 Å². The number of carbonyl (C=O) groups excluding carboxylic acids is 3. The zero-order valence-corrected chi connectivity index (χ0v) is 48.2. The predicted molar refractivity (Wildman–Crippen MR) is 307 cm³/mol. The van der Waals surface area contributed by atoms with Gasteiger partial charge >= 0.3 is 25.7 Å². The molecule has 0 spiro atoms. The fourth-order valence-electron chi connectivity index (χ4n) is 8.13. The van der Waals surface area contributed by atoms with Crippen LogP contribution in [0.25, 0.3) is 0 Å². The molecule has 0 aliphatic rings. The van der Waals surface area contributed by atoms with E-state index in [1.165, 1.54) is 141 Å². The second kappa shape index (κ2) is 56.1. The number of rotatable bonds is 55. The van der Waals surface area contributed by atoms with E-state index in [1.54, 1.807) is 6.08 Å². The Hall–Kier alpha value is -3.08. The molecule has 0 aromatic rings. The Bertz CT molecular complexity index is 1520. The van der Waals surface area contributed by atoms with Crippen LogP contribution in [0.3, 0.4) is 0 Å². The van der Waals surface area contributed by atoms with E-state index >= 15 is 0 Å². The SMILES string of the molecule is CC/C=C\C/C=C\C/C=C\C/C=C\C/C=C\CC(=O)OCC(COP(=O)(O)OCC(CO)OC(=O)CCCCCCCCCCCCCCC)OC(=O)CCCCCCCCCCC/C=C\CCCCCCCC. The Labute approximate surface area is 452 Å². The van der Waals surface area contributed by atoms with Crippen molar-refractivity contribution in [1.29, 1.82) is 0 Å². The fraction of sp³-hybridized carbons (Fsp3) is 0.758. The molecule has 0 rings (SSSR count). The summed E-state index contributed by atoms with van der Waals surface area (Å²) >= 11 is 0. The molecule has 74 heavy (non-hydrogen) atoms. The van der Waals surface area contributed by atoms with Crippen molar-refractivity contribution in [2.45, 2.75) is 277 Å². The number of aliphatic hydroxyl groups excluding tert-OH is 1. The summed E-state index contributed by atoms with van der Waals surface area (Å²) in [4.78, 5) is 48.5. The van der Waals surface area contributed by atoms with E-state index in [9.17, 15) is 28.9 Å². The van der Waals surface area contributed by atoms with Gasteiger partial charge in [-0.25, -0.2) is 4.57 Å². The maximum Gasteiger partial charge on any atom is 0.472 e. The molecule has 428 valence electrons. The third-order valence-electron chi connectivity index (χ3n) is 12.6. The van der Waals surface area contributed by atoms with E-state index in [1.807, 2.05) is 12.2 Å². The summed E-state index contributed by atoms with van der Waals surface area (Å²) < 4.78 is 39.4. The number of phosphoric acid groups is 1. The minimum absolute atomic E-state index is 0.00598. The second-order valence-corrected chi connectivity index (χ2v) is 21.3. The van der Waals surface area contributed by atoms with E-state index < -0.39 is 57.8 Å². The molecule has 0 aromatic carbocycles. The molecule has 0 fully saturated rings. The number of esters is 3. The number of ether oxygens (including phenoxy) is 3. The highest BCUT2D eigenvalue weighted by Gasteiger charge is 2.28. The van der Waals surface area contributed by atoms with Crippen molar-refractivity contribution < 1.29 is 52.2 Å². The van der Waals surface area contributed by atoms with Crippen molar-refractivity contribution in [1.82, 2.24) is 0 Å². The van der Waals surface area contributed by atoms with E-state index in [0.29, 0.717) is 19.3 Å². The lowest BCUT2D eigenvalue weighted by molar-refractivity contribution is -0.161. The molecule has 0 radical (unpaired) electrons. The van der Waals surface area contributed by atoms with Crippen LogP contribution in [-0.2, 0) is 42.2 Å². The van der Waals surface area contributed by atoms with Crippen LogP contribution in [0, 0.1) is 0 Å². The van der Waals surface area contributed by atoms with E-state index in [0.717, 1.165) is 64.2 Å². The Morgan fingerprint density at radius 3 is 1.14 bits per heavy atom. The summed E-state index contributed by atoms with van der Waals surface area (Å²) in [6.45, 7) is 4.44. The molecule has 0 heterocycles. The Morgan fingerprint density at radius 1 is 0.405 bits per heavy atom. The number of phosphoric ester groups is 1. The van der Waals surface area contributed by atoms with Crippen molar-refractivity contribution in [3.8, 4) is 0 Å². The van der Waals surface area contributed by atoms with Crippen LogP contribution in [0.1, 0.15) is 265 Å². The molecule has 12 heteroatoms. The number of aliphatic hydroxyl groups is 1. The molecule has 3 atom stereocenters. The first-order valence-electron chi connectivity index (χ1n) is 29.8. The zero-order chi connectivity index (χ0) is 54.1. The second-order valence-electron chi connectivity index (χ2n) is 19.8. The topological polar surface area (TPSA) is 155 Å². The normalized spacial score (nSPS) is 13.9. The molecule has 0 saturated heterocycles. The van der Waals surface area contributed by atoms with Crippen LogP contribution >= 0.6 is 7.82 Å². The summed E-state index contributed by atoms with van der Waals surface area (Å²) in [5.41, 5.74) is 0. The number of hydrogen-bond acceptors (Lipinski definition) is 10. The minimum atomic E-state index is -4.77. The molecule has 0 saturated carbocycles. The van der Waals surface area contributed by atoms with Gasteiger partial charge in [-0.1, -0.05) is 248 Å². The van der Waals surface area contributed by atoms with Gasteiger partial charge in [-0.15, -0.1) is 0 Å². The van der Waals surface area contributed by atoms with E-state index in [-0.39, 0.29) is 25.9 Å². The summed E-state index contributed by atoms with van der Waals surface area (Å²) in [6, 6.07) is 0. The number of hydrogen-bond donors (Lipinski definition) is 2. The molecule has 0 aromatic heterocycles. The van der Waals surface area contributed by atoms with Gasteiger partial charge in [0.2, 0.25) is 0 Å². The molecule has 3 unspecified atom stereocenters. The highest BCUT2D eigenvalue weighted by molar-refractivity contribution is 7.47. The van der Waals surface area contributed by atoms with Crippen LogP contribution in [0.15, 0.2) is 72.9 Å². The van der Waals surface area contributed by atoms with Crippen molar-refractivity contribution in [2.24, 2.45) is 0 Å². The third-order valence-corrected chi connectivity index (χ3v) is 13.6. The number of carbonyl (C=O) groups is 3. The molecule has 0 bridgehead atoms. The van der Waals surface area contributed by atoms with Gasteiger partial charge in [-0.2, -0.15) is 0 Å². The largest absolute Gasteiger partial charge is 0.472 e. The number of allylic oxidation sites excluding steroid dienone is 11. The lowest BCUT2D eigenvalue weighted by Crippen LogP contribution is -2.30. The maximum atomic E-state index is 12.9. The quantitative estimate of drug-likeness (QED) is 0.0197. The van der Waals surface area contributed by atoms with E-state index in [2.05, 4.69) is 75.5 Å². The molecular weight excluding hydrogens is 952 g/mol. The monoisotopic (exact) mass is 1060 g/mol. The van der Waals surface area contributed by atoms with Gasteiger partial charge in [0.1, 0.15) is 12.7 Å². The molecule has 0 aliphatic heterocycles. The first kappa shape index (κ1) is 70.9. The van der Waals surface area contributed by atoms with Crippen molar-refractivity contribution in [3.63, 3.8) is 0 Å². The van der Waals surface area contributed by atoms with Crippen molar-refractivity contribution in [3.05, 3.63) is 72.9 Å². The van der Waals surface area contributed by atoms with E-state index in [4.69, 9.17) is 23.3 Å². The molecular formula is C62H109O11P. The summed E-state index contributed by atoms with van der Waals surface area (Å²) in [7, 11) is -4.77. The van der Waals surface area contributed by atoms with Gasteiger partial charge in [0.25, 0.3) is 0 Å². The Morgan fingerprint density at radius 2 is 0.743 bits per heavy atom. The van der Waals surface area contributed by atoms with Crippen LogP contribution in [0.5, 0.6) is 0 Å². The first-order chi connectivity index (χ1) is 36.2. The van der Waals surface area contributed by atoms with Crippen LogP contribution < -0.4 is 0 Å². The number of unbranched alkanes of at least 4 members (excludes halogenated alkanes) is 27. The van der Waals surface area contributed by atoms with Gasteiger partial charge in [-0.3, -0.25) is 23.4 Å². The first-order valence-corrected chi connectivity index (χ1v) is 31.3. The van der Waals surface area contributed by atoms with Gasteiger partial charge < -0.3 is 24.2 Å². The zero-order valence-electron chi connectivity index (χ0n) is 47.3. The van der Waals surface area contributed by atoms with Crippen molar-refractivity contribution >= 4 is 25.7 Å². The lowest BCUT2D eigenvalue weighted by atomic mass is 10.0. The standard InChI is InChI=1S/C62H109O11P/c1-4-7-10-13-16-19-22-25-27-28-29-30-32-35-38-41-44-47-50-53-62(66)73-59(55-69-60(64)51-48-45-42-39-36-34-31-26-23-20-17-14-11-8-5-2)57-71-74(67,68)70-56-58(54-63)72-61(65)52-49-46-43-40-37-33-24-21-18-15-12-9-6-3/h8,11,17,20,25-27,31,36,39,45,48,58-59,63H,4-7,9-10,12-16,18-19,21-24,28-30,32-35,37-38,40-44,46-47,49-57H2,1-3H3,(H,67,68)/b11-8-,20-17-,27-25-,31-26-,39-36-,48-45-. The van der Waals surface area contributed by atoms with Crippen LogP contribution in [-0.4, -0.2) is 66.5 Å². The van der Waals surface area contributed by atoms with Gasteiger partial charge in [-0.05, 0) is 70.6 Å². The summed E-state index contributed by atoms with van der Waals surface area (Å²) in [6.07, 6.45) is 63.2.